The van der Waals surface area contributed by atoms with Gasteiger partial charge in [0.2, 0.25) is 5.91 Å². The molecule has 0 heterocycles. The first-order valence-electron chi connectivity index (χ1n) is 5.75. The predicted octanol–water partition coefficient (Wildman–Crippen LogP) is 1.36. The van der Waals surface area contributed by atoms with Crippen LogP contribution in [0.15, 0.2) is 24.3 Å². The number of primary amides is 1. The Labute approximate surface area is 101 Å². The smallest absolute Gasteiger partial charge is 0.248 e. The van der Waals surface area contributed by atoms with E-state index in [4.69, 9.17) is 5.73 Å². The number of amides is 1. The average Bonchev–Trinajstić information content (AvgIpc) is 2.29. The van der Waals surface area contributed by atoms with Gasteiger partial charge >= 0.3 is 0 Å². The molecule has 0 radical (unpaired) electrons. The zero-order chi connectivity index (χ0) is 12.6. The molecule has 17 heavy (non-hydrogen) atoms. The lowest BCUT2D eigenvalue weighted by atomic mass is 9.64. The molecule has 2 atom stereocenters. The van der Waals surface area contributed by atoms with Crippen molar-refractivity contribution in [2.45, 2.75) is 32.4 Å². The van der Waals surface area contributed by atoms with Crippen molar-refractivity contribution in [1.82, 2.24) is 0 Å². The number of carbonyl (C=O) groups is 1. The van der Waals surface area contributed by atoms with Gasteiger partial charge in [-0.05, 0) is 30.7 Å². The highest BCUT2D eigenvalue weighted by atomic mass is 16.3. The highest BCUT2D eigenvalue weighted by Gasteiger charge is 2.47. The molecule has 1 aromatic carbocycles. The van der Waals surface area contributed by atoms with Crippen molar-refractivity contribution in [1.29, 1.82) is 0 Å². The summed E-state index contributed by atoms with van der Waals surface area (Å²) in [6, 6.07) is 7.33. The van der Waals surface area contributed by atoms with Gasteiger partial charge in [0.15, 0.2) is 0 Å². The van der Waals surface area contributed by atoms with E-state index in [1.807, 2.05) is 26.0 Å². The lowest BCUT2D eigenvalue weighted by molar-refractivity contribution is -0.0510. The third-order valence-electron chi connectivity index (χ3n) is 3.73. The van der Waals surface area contributed by atoms with Gasteiger partial charge in [0.25, 0.3) is 0 Å². The van der Waals surface area contributed by atoms with Crippen LogP contribution in [0, 0.1) is 5.41 Å². The number of benzene rings is 1. The first-order valence-corrected chi connectivity index (χ1v) is 5.75. The Morgan fingerprint density at radius 3 is 2.41 bits per heavy atom. The van der Waals surface area contributed by atoms with Crippen LogP contribution in [0.5, 0.6) is 0 Å². The molecule has 1 aromatic rings. The standard InChI is InChI=1S/C13H18N2O2/c1-13(2)10(7-11(13)16)15-9-5-3-8(4-6-9)12(14)17/h3-6,10-11,15-16H,7H2,1-2H3,(H2,14,17). The Kier molecular flexibility index (Phi) is 2.83. The normalized spacial score (nSPS) is 26.1. The van der Waals surface area contributed by atoms with Crippen molar-refractivity contribution in [3.63, 3.8) is 0 Å². The van der Waals surface area contributed by atoms with Crippen LogP contribution in [0.4, 0.5) is 5.69 Å². The van der Waals surface area contributed by atoms with Crippen LogP contribution in [0.2, 0.25) is 0 Å². The molecule has 92 valence electrons. The van der Waals surface area contributed by atoms with Crippen molar-refractivity contribution in [2.24, 2.45) is 11.1 Å². The summed E-state index contributed by atoms with van der Waals surface area (Å²) in [4.78, 5) is 10.9. The minimum Gasteiger partial charge on any atom is -0.392 e. The van der Waals surface area contributed by atoms with Gasteiger partial charge in [-0.15, -0.1) is 0 Å². The third kappa shape index (κ3) is 2.13. The first kappa shape index (κ1) is 11.9. The molecule has 2 unspecified atom stereocenters. The van der Waals surface area contributed by atoms with E-state index in [0.717, 1.165) is 12.1 Å². The van der Waals surface area contributed by atoms with Crippen LogP contribution in [-0.2, 0) is 0 Å². The molecular weight excluding hydrogens is 216 g/mol. The maximum absolute atomic E-state index is 10.9. The van der Waals surface area contributed by atoms with E-state index in [0.29, 0.717) is 5.56 Å². The number of aliphatic hydroxyl groups excluding tert-OH is 1. The molecule has 4 N–H and O–H groups in total. The number of nitrogens with one attached hydrogen (secondary N) is 1. The lowest BCUT2D eigenvalue weighted by Gasteiger charge is -2.49. The zero-order valence-electron chi connectivity index (χ0n) is 10.1. The van der Waals surface area contributed by atoms with E-state index >= 15 is 0 Å². The summed E-state index contributed by atoms with van der Waals surface area (Å²) < 4.78 is 0. The van der Waals surface area contributed by atoms with Gasteiger partial charge in [-0.3, -0.25) is 4.79 Å². The summed E-state index contributed by atoms with van der Waals surface area (Å²) >= 11 is 0. The minimum absolute atomic E-state index is 0.109. The topological polar surface area (TPSA) is 75.3 Å². The second kappa shape index (κ2) is 4.04. The van der Waals surface area contributed by atoms with Gasteiger partial charge in [0.1, 0.15) is 0 Å². The number of hydrogen-bond acceptors (Lipinski definition) is 3. The van der Waals surface area contributed by atoms with Crippen LogP contribution < -0.4 is 11.1 Å². The fourth-order valence-electron chi connectivity index (χ4n) is 2.08. The third-order valence-corrected chi connectivity index (χ3v) is 3.73. The molecule has 1 saturated carbocycles. The number of hydrogen-bond donors (Lipinski definition) is 3. The number of anilines is 1. The van der Waals surface area contributed by atoms with Crippen LogP contribution in [0.3, 0.4) is 0 Å². The van der Waals surface area contributed by atoms with Gasteiger partial charge < -0.3 is 16.2 Å². The quantitative estimate of drug-likeness (QED) is 0.739. The molecule has 2 rings (SSSR count). The largest absolute Gasteiger partial charge is 0.392 e. The molecule has 0 spiro atoms. The SMILES string of the molecule is CC1(C)C(O)CC1Nc1ccc(C(N)=O)cc1. The summed E-state index contributed by atoms with van der Waals surface area (Å²) in [5.41, 5.74) is 6.51. The van der Waals surface area contributed by atoms with Gasteiger partial charge in [-0.1, -0.05) is 13.8 Å². The van der Waals surface area contributed by atoms with Crippen molar-refractivity contribution in [3.8, 4) is 0 Å². The highest BCUT2D eigenvalue weighted by Crippen LogP contribution is 2.42. The van der Waals surface area contributed by atoms with Crippen LogP contribution in [0.1, 0.15) is 30.6 Å². The molecule has 4 heteroatoms. The minimum atomic E-state index is -0.420. The molecule has 0 saturated heterocycles. The Morgan fingerprint density at radius 2 is 2.00 bits per heavy atom. The van der Waals surface area contributed by atoms with E-state index in [1.54, 1.807) is 12.1 Å². The maximum atomic E-state index is 10.9. The predicted molar refractivity (Wildman–Crippen MR) is 66.8 cm³/mol. The van der Waals surface area contributed by atoms with Gasteiger partial charge in [-0.2, -0.15) is 0 Å². The van der Waals surface area contributed by atoms with Gasteiger partial charge in [0, 0.05) is 22.7 Å². The van der Waals surface area contributed by atoms with Gasteiger partial charge in [-0.25, -0.2) is 0 Å². The number of aliphatic hydroxyl groups is 1. The van der Waals surface area contributed by atoms with Crippen LogP contribution >= 0.6 is 0 Å². The van der Waals surface area contributed by atoms with E-state index in [2.05, 4.69) is 5.32 Å². The van der Waals surface area contributed by atoms with Crippen LogP contribution in [-0.4, -0.2) is 23.2 Å². The van der Waals surface area contributed by atoms with Crippen molar-refractivity contribution in [3.05, 3.63) is 29.8 Å². The Bertz CT molecular complexity index is 426. The number of rotatable bonds is 3. The fourth-order valence-corrected chi connectivity index (χ4v) is 2.08. The molecule has 1 fully saturated rings. The highest BCUT2D eigenvalue weighted by molar-refractivity contribution is 5.93. The van der Waals surface area contributed by atoms with E-state index in [1.165, 1.54) is 0 Å². The second-order valence-electron chi connectivity index (χ2n) is 5.21. The van der Waals surface area contributed by atoms with E-state index < -0.39 is 5.91 Å². The molecular formula is C13H18N2O2. The van der Waals surface area contributed by atoms with E-state index in [-0.39, 0.29) is 17.6 Å². The number of nitrogens with two attached hydrogens (primary N) is 1. The Morgan fingerprint density at radius 1 is 1.41 bits per heavy atom. The zero-order valence-corrected chi connectivity index (χ0v) is 10.1. The first-order chi connectivity index (χ1) is 7.91. The molecule has 1 amide bonds. The molecule has 4 nitrogen and oxygen atoms in total. The molecule has 1 aliphatic rings. The monoisotopic (exact) mass is 234 g/mol. The Hall–Kier alpha value is -1.55. The fraction of sp³-hybridized carbons (Fsp3) is 0.462. The van der Waals surface area contributed by atoms with Crippen molar-refractivity contribution >= 4 is 11.6 Å². The van der Waals surface area contributed by atoms with E-state index in [9.17, 15) is 9.90 Å². The van der Waals surface area contributed by atoms with Crippen molar-refractivity contribution < 1.29 is 9.90 Å². The maximum Gasteiger partial charge on any atom is 0.248 e. The van der Waals surface area contributed by atoms with Crippen LogP contribution in [0.25, 0.3) is 0 Å². The summed E-state index contributed by atoms with van der Waals surface area (Å²) in [7, 11) is 0. The van der Waals surface area contributed by atoms with Crippen molar-refractivity contribution in [2.75, 3.05) is 5.32 Å². The van der Waals surface area contributed by atoms with Gasteiger partial charge in [0.05, 0.1) is 6.10 Å². The molecule has 0 aromatic heterocycles. The summed E-state index contributed by atoms with van der Waals surface area (Å²) in [5.74, 6) is -0.420. The summed E-state index contributed by atoms with van der Waals surface area (Å²) in [6.45, 7) is 4.08. The second-order valence-corrected chi connectivity index (χ2v) is 5.21. The molecule has 0 bridgehead atoms. The Balaban J connectivity index is 2.03. The lowest BCUT2D eigenvalue weighted by Crippen LogP contribution is -2.56. The summed E-state index contributed by atoms with van der Waals surface area (Å²) in [5, 5.41) is 13.0. The average molecular weight is 234 g/mol. The number of carbonyl (C=O) groups excluding carboxylic acids is 1. The molecule has 1 aliphatic carbocycles. The molecule has 0 aliphatic heterocycles. The summed E-state index contributed by atoms with van der Waals surface area (Å²) in [6.07, 6.45) is 0.509.